The average Bonchev–Trinajstić information content (AvgIpc) is 2.40. The van der Waals surface area contributed by atoms with Crippen molar-refractivity contribution in [1.29, 1.82) is 0 Å². The molecule has 3 N–H and O–H groups in total. The van der Waals surface area contributed by atoms with Gasteiger partial charge in [-0.25, -0.2) is 4.98 Å². The van der Waals surface area contributed by atoms with Gasteiger partial charge in [0.05, 0.1) is 5.56 Å². The Morgan fingerprint density at radius 1 is 1.37 bits per heavy atom. The molecule has 19 heavy (non-hydrogen) atoms. The minimum atomic E-state index is -0.429. The highest BCUT2D eigenvalue weighted by Gasteiger charge is 2.18. The van der Waals surface area contributed by atoms with Gasteiger partial charge in [-0.2, -0.15) is 0 Å². The molecule has 5 heteroatoms. The molecule has 0 aliphatic carbocycles. The van der Waals surface area contributed by atoms with E-state index in [0.29, 0.717) is 17.8 Å². The third-order valence-electron chi connectivity index (χ3n) is 3.01. The van der Waals surface area contributed by atoms with E-state index in [1.807, 2.05) is 37.3 Å². The number of benzene rings is 1. The summed E-state index contributed by atoms with van der Waals surface area (Å²) in [5.74, 6) is 0.688. The quantitative estimate of drug-likeness (QED) is 0.874. The molecule has 0 saturated heterocycles. The van der Waals surface area contributed by atoms with Crippen LogP contribution in [-0.2, 0) is 11.2 Å². The minimum absolute atomic E-state index is 0.206. The van der Waals surface area contributed by atoms with E-state index in [0.717, 1.165) is 5.56 Å². The molecule has 5 nitrogen and oxygen atoms in total. The second kappa shape index (κ2) is 5.67. The Bertz CT molecular complexity index is 608. The summed E-state index contributed by atoms with van der Waals surface area (Å²) in [6.45, 7) is 1.87. The van der Waals surface area contributed by atoms with Gasteiger partial charge in [-0.3, -0.25) is 4.79 Å². The van der Waals surface area contributed by atoms with Crippen molar-refractivity contribution in [3.8, 4) is 0 Å². The Balaban J connectivity index is 2.48. The van der Waals surface area contributed by atoms with E-state index >= 15 is 0 Å². The lowest BCUT2D eigenvalue weighted by Crippen LogP contribution is -2.22. The zero-order valence-electron chi connectivity index (χ0n) is 11.0. The van der Waals surface area contributed by atoms with Crippen LogP contribution in [0.15, 0.2) is 35.1 Å². The van der Waals surface area contributed by atoms with Gasteiger partial charge in [0.1, 0.15) is 17.7 Å². The molecule has 0 radical (unpaired) electrons. The molecule has 0 fully saturated rings. The lowest BCUT2D eigenvalue weighted by molar-refractivity contribution is 0.129. The molecule has 0 saturated carbocycles. The van der Waals surface area contributed by atoms with Crippen LogP contribution in [0.2, 0.25) is 0 Å². The van der Waals surface area contributed by atoms with Crippen molar-refractivity contribution in [3.63, 3.8) is 0 Å². The molecule has 1 atom stereocenters. The normalized spacial score (nSPS) is 12.3. The van der Waals surface area contributed by atoms with Crippen molar-refractivity contribution < 1.29 is 4.74 Å². The van der Waals surface area contributed by atoms with Crippen LogP contribution >= 0.6 is 0 Å². The summed E-state index contributed by atoms with van der Waals surface area (Å²) in [5.41, 5.74) is 7.03. The predicted octanol–water partition coefficient (Wildman–Crippen LogP) is 1.65. The smallest absolute Gasteiger partial charge is 0.256 e. The Morgan fingerprint density at radius 3 is 2.58 bits per heavy atom. The summed E-state index contributed by atoms with van der Waals surface area (Å²) in [6.07, 6.45) is 0.124. The molecular weight excluding hydrogens is 242 g/mol. The van der Waals surface area contributed by atoms with Crippen LogP contribution in [0.4, 0.5) is 5.82 Å². The fraction of sp³-hybridized carbons (Fsp3) is 0.286. The molecule has 0 amide bonds. The number of rotatable bonds is 4. The van der Waals surface area contributed by atoms with E-state index in [1.165, 1.54) is 0 Å². The number of anilines is 1. The first-order valence-electron chi connectivity index (χ1n) is 6.13. The fourth-order valence-corrected chi connectivity index (χ4v) is 2.03. The summed E-state index contributed by atoms with van der Waals surface area (Å²) in [6, 6.07) is 9.56. The maximum absolute atomic E-state index is 11.9. The third kappa shape index (κ3) is 2.66. The highest BCUT2D eigenvalue weighted by atomic mass is 16.5. The second-order valence-electron chi connectivity index (χ2n) is 4.19. The molecule has 1 unspecified atom stereocenters. The molecule has 2 rings (SSSR count). The van der Waals surface area contributed by atoms with Gasteiger partial charge in [-0.05, 0) is 12.0 Å². The van der Waals surface area contributed by atoms with E-state index in [-0.39, 0.29) is 11.4 Å². The van der Waals surface area contributed by atoms with Crippen molar-refractivity contribution in [2.24, 2.45) is 0 Å². The standard InChI is InChI=1S/C14H17N3O2/c1-3-10-12(15)16-13(17-14(10)18)11(19-2)9-7-5-4-6-8-9/h4-8,11H,3H2,1-2H3,(H3,15,16,17,18). The zero-order chi connectivity index (χ0) is 13.8. The fourth-order valence-electron chi connectivity index (χ4n) is 2.03. The first-order chi connectivity index (χ1) is 9.17. The molecule has 1 aromatic carbocycles. The van der Waals surface area contributed by atoms with Gasteiger partial charge >= 0.3 is 0 Å². The molecular formula is C14H17N3O2. The molecule has 0 bridgehead atoms. The number of nitrogens with two attached hydrogens (primary N) is 1. The van der Waals surface area contributed by atoms with Crippen molar-refractivity contribution in [1.82, 2.24) is 9.97 Å². The number of aromatic nitrogens is 2. The molecule has 100 valence electrons. The number of nitrogens with zero attached hydrogens (tertiary/aromatic N) is 1. The van der Waals surface area contributed by atoms with Crippen LogP contribution in [0.3, 0.4) is 0 Å². The monoisotopic (exact) mass is 259 g/mol. The minimum Gasteiger partial charge on any atom is -0.383 e. The van der Waals surface area contributed by atoms with Crippen LogP contribution < -0.4 is 11.3 Å². The number of nitrogen functional groups attached to an aromatic ring is 1. The van der Waals surface area contributed by atoms with Crippen LogP contribution in [0.25, 0.3) is 0 Å². The van der Waals surface area contributed by atoms with E-state index in [1.54, 1.807) is 7.11 Å². The summed E-state index contributed by atoms with van der Waals surface area (Å²) in [4.78, 5) is 18.9. The highest BCUT2D eigenvalue weighted by molar-refractivity contribution is 5.38. The van der Waals surface area contributed by atoms with Crippen molar-refractivity contribution in [3.05, 3.63) is 57.6 Å². The summed E-state index contributed by atoms with van der Waals surface area (Å²) < 4.78 is 5.42. The number of hydrogen-bond donors (Lipinski definition) is 2. The molecule has 0 aliphatic rings. The third-order valence-corrected chi connectivity index (χ3v) is 3.01. The maximum Gasteiger partial charge on any atom is 0.256 e. The lowest BCUT2D eigenvalue weighted by atomic mass is 10.1. The topological polar surface area (TPSA) is 81.0 Å². The summed E-state index contributed by atoms with van der Waals surface area (Å²) in [5, 5.41) is 0. The lowest BCUT2D eigenvalue weighted by Gasteiger charge is -2.15. The number of H-pyrrole nitrogens is 1. The van der Waals surface area contributed by atoms with Crippen molar-refractivity contribution in [2.75, 3.05) is 12.8 Å². The Labute approximate surface area is 111 Å². The van der Waals surface area contributed by atoms with Crippen LogP contribution in [0, 0.1) is 0 Å². The highest BCUT2D eigenvalue weighted by Crippen LogP contribution is 2.22. The number of hydrogen-bond acceptors (Lipinski definition) is 4. The maximum atomic E-state index is 11.9. The SMILES string of the molecule is CCc1c(N)nc(C(OC)c2ccccc2)[nH]c1=O. The van der Waals surface area contributed by atoms with Crippen LogP contribution in [0.5, 0.6) is 0 Å². The largest absolute Gasteiger partial charge is 0.383 e. The Kier molecular flexibility index (Phi) is 3.97. The molecule has 0 spiro atoms. The van der Waals surface area contributed by atoms with Crippen molar-refractivity contribution in [2.45, 2.75) is 19.4 Å². The van der Waals surface area contributed by atoms with E-state index < -0.39 is 6.10 Å². The van der Waals surface area contributed by atoms with Crippen molar-refractivity contribution >= 4 is 5.82 Å². The summed E-state index contributed by atoms with van der Waals surface area (Å²) in [7, 11) is 1.57. The first kappa shape index (κ1) is 13.3. The van der Waals surface area contributed by atoms with Gasteiger partial charge in [-0.15, -0.1) is 0 Å². The van der Waals surface area contributed by atoms with Crippen LogP contribution in [0.1, 0.15) is 30.0 Å². The first-order valence-corrected chi connectivity index (χ1v) is 6.13. The number of ether oxygens (including phenoxy) is 1. The van der Waals surface area contributed by atoms with Gasteiger partial charge in [0.15, 0.2) is 0 Å². The van der Waals surface area contributed by atoms with Gasteiger partial charge in [0, 0.05) is 7.11 Å². The van der Waals surface area contributed by atoms with Gasteiger partial charge in [0.2, 0.25) is 0 Å². The van der Waals surface area contributed by atoms with E-state index in [9.17, 15) is 4.79 Å². The van der Waals surface area contributed by atoms with E-state index in [4.69, 9.17) is 10.5 Å². The second-order valence-corrected chi connectivity index (χ2v) is 4.19. The molecule has 2 aromatic rings. The molecule has 1 heterocycles. The number of nitrogens with one attached hydrogen (secondary N) is 1. The van der Waals surface area contributed by atoms with Gasteiger partial charge in [0.25, 0.3) is 5.56 Å². The summed E-state index contributed by atoms with van der Waals surface area (Å²) >= 11 is 0. The number of methoxy groups -OCH3 is 1. The molecule has 0 aliphatic heterocycles. The van der Waals surface area contributed by atoms with E-state index in [2.05, 4.69) is 9.97 Å². The van der Waals surface area contributed by atoms with Crippen LogP contribution in [-0.4, -0.2) is 17.1 Å². The number of aromatic amines is 1. The van der Waals surface area contributed by atoms with Gasteiger partial charge in [-0.1, -0.05) is 37.3 Å². The Morgan fingerprint density at radius 2 is 2.05 bits per heavy atom. The average molecular weight is 259 g/mol. The Hall–Kier alpha value is -2.14. The molecule has 1 aromatic heterocycles. The van der Waals surface area contributed by atoms with Gasteiger partial charge < -0.3 is 15.5 Å². The zero-order valence-corrected chi connectivity index (χ0v) is 11.0. The predicted molar refractivity (Wildman–Crippen MR) is 73.9 cm³/mol.